The summed E-state index contributed by atoms with van der Waals surface area (Å²) in [7, 11) is 0. The van der Waals surface area contributed by atoms with E-state index in [1.54, 1.807) is 0 Å². The van der Waals surface area contributed by atoms with E-state index in [0.717, 1.165) is 0 Å². The van der Waals surface area contributed by atoms with Gasteiger partial charge in [0.05, 0.1) is 13.0 Å². The van der Waals surface area contributed by atoms with Crippen molar-refractivity contribution in [2.45, 2.75) is 26.4 Å². The van der Waals surface area contributed by atoms with Crippen LogP contribution in [0.1, 0.15) is 20.3 Å². The molecular formula is C9H20NO5P. The zero-order chi connectivity index (χ0) is 12.1. The van der Waals surface area contributed by atoms with Gasteiger partial charge in [-0.15, -0.1) is 0 Å². The molecule has 0 fully saturated rings. The standard InChI is InChI=1S/C9H17NO5.H3P/c1-9(2,5-11)7(14)8(15)10-4-3-6(12)13;/h7,11,14H,3-5H2,1-2H3,(H,10,15)(H,12,13);1H3. The smallest absolute Gasteiger partial charge is 0.305 e. The fourth-order valence-corrected chi connectivity index (χ4v) is 0.831. The van der Waals surface area contributed by atoms with E-state index >= 15 is 0 Å². The molecule has 0 aromatic rings. The van der Waals surface area contributed by atoms with Crippen molar-refractivity contribution in [3.8, 4) is 0 Å². The van der Waals surface area contributed by atoms with E-state index in [0.29, 0.717) is 0 Å². The van der Waals surface area contributed by atoms with E-state index in [4.69, 9.17) is 10.2 Å². The molecule has 0 aliphatic carbocycles. The first-order valence-electron chi connectivity index (χ1n) is 4.59. The predicted molar refractivity (Wildman–Crippen MR) is 63.2 cm³/mol. The number of carboxylic acid groups (broad SMARTS) is 1. The largest absolute Gasteiger partial charge is 0.481 e. The van der Waals surface area contributed by atoms with Gasteiger partial charge in [0, 0.05) is 12.0 Å². The van der Waals surface area contributed by atoms with Gasteiger partial charge in [-0.05, 0) is 0 Å². The van der Waals surface area contributed by atoms with Gasteiger partial charge in [0.15, 0.2) is 0 Å². The first-order valence-corrected chi connectivity index (χ1v) is 4.59. The summed E-state index contributed by atoms with van der Waals surface area (Å²) in [6.07, 6.45) is -1.55. The number of carbonyl (C=O) groups is 2. The second kappa shape index (κ2) is 7.54. The zero-order valence-electron chi connectivity index (χ0n) is 9.56. The van der Waals surface area contributed by atoms with Crippen LogP contribution < -0.4 is 5.32 Å². The van der Waals surface area contributed by atoms with Crippen LogP contribution in [0, 0.1) is 5.41 Å². The van der Waals surface area contributed by atoms with E-state index in [1.165, 1.54) is 13.8 Å². The number of carbonyl (C=O) groups excluding carboxylic acids is 1. The second-order valence-electron chi connectivity index (χ2n) is 3.98. The summed E-state index contributed by atoms with van der Waals surface area (Å²) < 4.78 is 0. The third-order valence-electron chi connectivity index (χ3n) is 2.03. The van der Waals surface area contributed by atoms with Crippen molar-refractivity contribution in [3.05, 3.63) is 0 Å². The summed E-state index contributed by atoms with van der Waals surface area (Å²) in [5.41, 5.74) is -0.937. The molecule has 0 aromatic heterocycles. The van der Waals surface area contributed by atoms with Crippen LogP contribution in [-0.2, 0) is 9.59 Å². The molecule has 0 saturated carbocycles. The molecule has 96 valence electrons. The number of aliphatic hydroxyl groups excluding tert-OH is 2. The fraction of sp³-hybridized carbons (Fsp3) is 0.778. The quantitative estimate of drug-likeness (QED) is 0.455. The Morgan fingerprint density at radius 3 is 2.25 bits per heavy atom. The van der Waals surface area contributed by atoms with Crippen LogP contribution in [0.4, 0.5) is 0 Å². The maximum Gasteiger partial charge on any atom is 0.305 e. The Balaban J connectivity index is 0. The third kappa shape index (κ3) is 6.00. The molecule has 0 radical (unpaired) electrons. The molecule has 0 aromatic carbocycles. The van der Waals surface area contributed by atoms with Crippen LogP contribution in [0.2, 0.25) is 0 Å². The van der Waals surface area contributed by atoms with Crippen LogP contribution in [0.5, 0.6) is 0 Å². The molecule has 1 amide bonds. The van der Waals surface area contributed by atoms with E-state index in [2.05, 4.69) is 5.32 Å². The van der Waals surface area contributed by atoms with Crippen molar-refractivity contribution in [2.75, 3.05) is 13.2 Å². The summed E-state index contributed by atoms with van der Waals surface area (Å²) in [6, 6.07) is 0. The van der Waals surface area contributed by atoms with Crippen LogP contribution >= 0.6 is 9.90 Å². The van der Waals surface area contributed by atoms with Crippen LogP contribution in [0.15, 0.2) is 0 Å². The normalized spacial score (nSPS) is 12.5. The number of amides is 1. The van der Waals surface area contributed by atoms with E-state index in [-0.39, 0.29) is 29.5 Å². The Hall–Kier alpha value is -0.710. The summed E-state index contributed by atoms with van der Waals surface area (Å²) in [5.74, 6) is -1.69. The maximum atomic E-state index is 11.3. The van der Waals surface area contributed by atoms with Gasteiger partial charge in [-0.1, -0.05) is 13.8 Å². The highest BCUT2D eigenvalue weighted by molar-refractivity contribution is 6.92. The molecule has 0 rings (SSSR count). The van der Waals surface area contributed by atoms with Crippen LogP contribution in [0.3, 0.4) is 0 Å². The van der Waals surface area contributed by atoms with Gasteiger partial charge in [0.2, 0.25) is 5.91 Å². The van der Waals surface area contributed by atoms with E-state index < -0.39 is 23.4 Å². The van der Waals surface area contributed by atoms with Crippen LogP contribution in [0.25, 0.3) is 0 Å². The lowest BCUT2D eigenvalue weighted by atomic mass is 9.87. The van der Waals surface area contributed by atoms with Gasteiger partial charge < -0.3 is 20.6 Å². The predicted octanol–water partition coefficient (Wildman–Crippen LogP) is -0.985. The summed E-state index contributed by atoms with van der Waals surface area (Å²) in [6.45, 7) is 2.70. The molecule has 0 saturated heterocycles. The van der Waals surface area contributed by atoms with Crippen molar-refractivity contribution in [1.82, 2.24) is 5.32 Å². The molecule has 6 nitrogen and oxygen atoms in total. The number of carboxylic acids is 1. The fourth-order valence-electron chi connectivity index (χ4n) is 0.831. The lowest BCUT2D eigenvalue weighted by Crippen LogP contribution is -2.45. The molecule has 16 heavy (non-hydrogen) atoms. The minimum absolute atomic E-state index is 0. The van der Waals surface area contributed by atoms with Crippen molar-refractivity contribution in [3.63, 3.8) is 0 Å². The minimum Gasteiger partial charge on any atom is -0.481 e. The molecule has 0 aliphatic rings. The van der Waals surface area contributed by atoms with Crippen molar-refractivity contribution in [1.29, 1.82) is 0 Å². The highest BCUT2D eigenvalue weighted by atomic mass is 31.0. The van der Waals surface area contributed by atoms with Gasteiger partial charge in [0.1, 0.15) is 6.10 Å². The number of hydrogen-bond donors (Lipinski definition) is 4. The van der Waals surface area contributed by atoms with Crippen LogP contribution in [-0.4, -0.2) is 46.5 Å². The SMILES string of the molecule is CC(C)(CO)C(O)C(=O)NCCC(=O)O.P. The van der Waals surface area contributed by atoms with E-state index in [1.807, 2.05) is 0 Å². The second-order valence-corrected chi connectivity index (χ2v) is 3.98. The van der Waals surface area contributed by atoms with Gasteiger partial charge in [-0.25, -0.2) is 0 Å². The summed E-state index contributed by atoms with van der Waals surface area (Å²) >= 11 is 0. The maximum absolute atomic E-state index is 11.3. The Morgan fingerprint density at radius 1 is 1.38 bits per heavy atom. The molecule has 0 spiro atoms. The monoisotopic (exact) mass is 253 g/mol. The van der Waals surface area contributed by atoms with Crippen molar-refractivity contribution in [2.24, 2.45) is 5.41 Å². The first-order chi connectivity index (χ1) is 6.81. The number of rotatable bonds is 6. The molecule has 0 bridgehead atoms. The van der Waals surface area contributed by atoms with Crippen molar-refractivity contribution >= 4 is 21.8 Å². The third-order valence-corrected chi connectivity index (χ3v) is 2.03. The molecule has 2 atom stereocenters. The lowest BCUT2D eigenvalue weighted by molar-refractivity contribution is -0.138. The summed E-state index contributed by atoms with van der Waals surface area (Å²) in [4.78, 5) is 21.4. The highest BCUT2D eigenvalue weighted by Gasteiger charge is 2.32. The number of aliphatic hydroxyl groups is 2. The van der Waals surface area contributed by atoms with Gasteiger partial charge in [-0.3, -0.25) is 9.59 Å². The number of aliphatic carboxylic acids is 1. The Kier molecular flexibility index (Phi) is 8.34. The Labute approximate surface area is 97.7 Å². The molecule has 0 heterocycles. The number of nitrogens with one attached hydrogen (secondary N) is 1. The zero-order valence-corrected chi connectivity index (χ0v) is 11.0. The Morgan fingerprint density at radius 2 is 1.88 bits per heavy atom. The molecule has 0 aliphatic heterocycles. The average molecular weight is 253 g/mol. The Bertz CT molecular complexity index is 244. The number of hydrogen-bond acceptors (Lipinski definition) is 4. The topological polar surface area (TPSA) is 107 Å². The average Bonchev–Trinajstić information content (AvgIpc) is 2.15. The molecule has 2 unspecified atom stereocenters. The van der Waals surface area contributed by atoms with Gasteiger partial charge in [0.25, 0.3) is 0 Å². The minimum atomic E-state index is -1.35. The molecule has 7 heteroatoms. The lowest BCUT2D eigenvalue weighted by Gasteiger charge is -2.26. The highest BCUT2D eigenvalue weighted by Crippen LogP contribution is 2.19. The molecule has 4 N–H and O–H groups in total. The van der Waals surface area contributed by atoms with E-state index in [9.17, 15) is 14.7 Å². The van der Waals surface area contributed by atoms with Gasteiger partial charge in [-0.2, -0.15) is 9.90 Å². The molecular weight excluding hydrogens is 233 g/mol. The van der Waals surface area contributed by atoms with Gasteiger partial charge >= 0.3 is 5.97 Å². The van der Waals surface area contributed by atoms with Crippen molar-refractivity contribution < 1.29 is 24.9 Å². The summed E-state index contributed by atoms with van der Waals surface area (Å²) in [5, 5.41) is 29.0. The first kappa shape index (κ1) is 17.7.